The van der Waals surface area contributed by atoms with E-state index in [2.05, 4.69) is 16.2 Å². The smallest absolute Gasteiger partial charge is 0.305 e. The second-order valence-electron chi connectivity index (χ2n) is 4.32. The van der Waals surface area contributed by atoms with Gasteiger partial charge in [0, 0.05) is 17.7 Å². The van der Waals surface area contributed by atoms with Gasteiger partial charge in [-0.05, 0) is 24.3 Å². The van der Waals surface area contributed by atoms with E-state index in [0.29, 0.717) is 10.7 Å². The predicted octanol–water partition coefficient (Wildman–Crippen LogP) is 2.71. The van der Waals surface area contributed by atoms with Crippen LogP contribution in [-0.4, -0.2) is 16.9 Å². The first-order chi connectivity index (χ1) is 11.0. The molecule has 2 aromatic rings. The number of carbonyl (C=O) groups is 2. The third-order valence-corrected chi connectivity index (χ3v) is 3.08. The Morgan fingerprint density at radius 1 is 1.00 bits per heavy atom. The van der Waals surface area contributed by atoms with Crippen molar-refractivity contribution in [2.24, 2.45) is 0 Å². The molecular weight excluding hydrogens is 324 g/mol. The van der Waals surface area contributed by atoms with Crippen molar-refractivity contribution in [2.75, 3.05) is 5.32 Å². The lowest BCUT2D eigenvalue weighted by atomic mass is 10.2. The molecule has 9 heteroatoms. The van der Waals surface area contributed by atoms with Crippen LogP contribution in [0.25, 0.3) is 0 Å². The largest absolute Gasteiger partial charge is 0.337 e. The molecule has 0 saturated carbocycles. The van der Waals surface area contributed by atoms with Gasteiger partial charge in [-0.2, -0.15) is 0 Å². The molecule has 0 aliphatic carbocycles. The fourth-order valence-corrected chi connectivity index (χ4v) is 1.82. The zero-order chi connectivity index (χ0) is 16.8. The van der Waals surface area contributed by atoms with Gasteiger partial charge >= 0.3 is 6.03 Å². The van der Waals surface area contributed by atoms with Crippen molar-refractivity contribution >= 4 is 34.9 Å². The molecular formula is C14H11ClN4O4. The van der Waals surface area contributed by atoms with E-state index in [1.54, 1.807) is 24.3 Å². The number of hydrogen-bond donors (Lipinski definition) is 3. The number of hydrogen-bond acceptors (Lipinski definition) is 4. The third kappa shape index (κ3) is 4.42. The van der Waals surface area contributed by atoms with Crippen LogP contribution in [0.15, 0.2) is 48.5 Å². The van der Waals surface area contributed by atoms with Gasteiger partial charge in [0.1, 0.15) is 0 Å². The first kappa shape index (κ1) is 16.2. The van der Waals surface area contributed by atoms with E-state index in [0.717, 1.165) is 0 Å². The minimum atomic E-state index is -0.687. The number of para-hydroxylation sites is 1. The lowest BCUT2D eigenvalue weighted by molar-refractivity contribution is -0.384. The highest BCUT2D eigenvalue weighted by Crippen LogP contribution is 2.19. The van der Waals surface area contributed by atoms with Crippen LogP contribution in [0.1, 0.15) is 10.4 Å². The number of urea groups is 1. The Hall–Kier alpha value is -3.13. The lowest BCUT2D eigenvalue weighted by Crippen LogP contribution is -2.43. The zero-order valence-corrected chi connectivity index (χ0v) is 12.3. The van der Waals surface area contributed by atoms with Crippen molar-refractivity contribution in [3.63, 3.8) is 0 Å². The number of carbonyl (C=O) groups excluding carboxylic acids is 2. The number of nitrogens with zero attached hydrogens (tertiary/aromatic N) is 1. The molecule has 3 amide bonds. The number of amides is 3. The van der Waals surface area contributed by atoms with Crippen LogP contribution in [0.2, 0.25) is 5.02 Å². The van der Waals surface area contributed by atoms with Gasteiger partial charge in [0.25, 0.3) is 11.6 Å². The van der Waals surface area contributed by atoms with Crippen LogP contribution in [-0.2, 0) is 0 Å². The average Bonchev–Trinajstić information content (AvgIpc) is 2.55. The molecule has 0 fully saturated rings. The Labute approximate surface area is 135 Å². The molecule has 0 unspecified atom stereocenters. The summed E-state index contributed by atoms with van der Waals surface area (Å²) in [6.45, 7) is 0. The number of benzene rings is 2. The van der Waals surface area contributed by atoms with Crippen LogP contribution in [0, 0.1) is 10.1 Å². The number of rotatable bonds is 3. The predicted molar refractivity (Wildman–Crippen MR) is 84.2 cm³/mol. The SMILES string of the molecule is O=C(NNC(=O)c1ccc([N+](=O)[O-])cc1)Nc1ccccc1Cl. The van der Waals surface area contributed by atoms with Gasteiger partial charge in [-0.1, -0.05) is 23.7 Å². The summed E-state index contributed by atoms with van der Waals surface area (Å²) in [5.74, 6) is -0.616. The number of non-ortho nitro benzene ring substituents is 1. The van der Waals surface area contributed by atoms with Gasteiger partial charge in [-0.15, -0.1) is 0 Å². The first-order valence-electron chi connectivity index (χ1n) is 6.33. The fraction of sp³-hybridized carbons (Fsp3) is 0. The fourth-order valence-electron chi connectivity index (χ4n) is 1.64. The molecule has 2 rings (SSSR count). The van der Waals surface area contributed by atoms with Gasteiger partial charge in [0.05, 0.1) is 15.6 Å². The normalized spacial score (nSPS) is 9.78. The van der Waals surface area contributed by atoms with Crippen molar-refractivity contribution in [1.82, 2.24) is 10.9 Å². The number of nitro groups is 1. The number of nitro benzene ring substituents is 1. The highest BCUT2D eigenvalue weighted by molar-refractivity contribution is 6.33. The molecule has 0 aliphatic heterocycles. The Balaban J connectivity index is 1.90. The van der Waals surface area contributed by atoms with Gasteiger partial charge in [-0.3, -0.25) is 20.3 Å². The van der Waals surface area contributed by atoms with Crippen LogP contribution < -0.4 is 16.2 Å². The molecule has 2 aromatic carbocycles. The van der Waals surface area contributed by atoms with Crippen molar-refractivity contribution in [1.29, 1.82) is 0 Å². The first-order valence-corrected chi connectivity index (χ1v) is 6.71. The topological polar surface area (TPSA) is 113 Å². The van der Waals surface area contributed by atoms with Gasteiger partial charge in [0.15, 0.2) is 0 Å². The number of halogens is 1. The lowest BCUT2D eigenvalue weighted by Gasteiger charge is -2.09. The van der Waals surface area contributed by atoms with Crippen LogP contribution in [0.4, 0.5) is 16.2 Å². The third-order valence-electron chi connectivity index (χ3n) is 2.75. The highest BCUT2D eigenvalue weighted by Gasteiger charge is 2.10. The summed E-state index contributed by atoms with van der Waals surface area (Å²) in [4.78, 5) is 33.4. The molecule has 0 heterocycles. The summed E-state index contributed by atoms with van der Waals surface area (Å²) in [7, 11) is 0. The molecule has 3 N–H and O–H groups in total. The van der Waals surface area contributed by atoms with Crippen LogP contribution in [0.3, 0.4) is 0 Å². The van der Waals surface area contributed by atoms with E-state index in [1.165, 1.54) is 24.3 Å². The standard InChI is InChI=1S/C14H11ClN4O4/c15-11-3-1-2-4-12(11)16-14(21)18-17-13(20)9-5-7-10(8-6-9)19(22)23/h1-8H,(H,17,20)(H2,16,18,21). The summed E-state index contributed by atoms with van der Waals surface area (Å²) in [6.07, 6.45) is 0. The number of nitrogens with one attached hydrogen (secondary N) is 3. The summed E-state index contributed by atoms with van der Waals surface area (Å²) >= 11 is 5.88. The van der Waals surface area contributed by atoms with Crippen LogP contribution in [0.5, 0.6) is 0 Å². The van der Waals surface area contributed by atoms with Crippen molar-refractivity contribution in [2.45, 2.75) is 0 Å². The molecule has 0 bridgehead atoms. The maximum atomic E-state index is 11.8. The van der Waals surface area contributed by atoms with Crippen molar-refractivity contribution in [3.05, 3.63) is 69.2 Å². The second kappa shape index (κ2) is 7.23. The van der Waals surface area contributed by atoms with Gasteiger partial charge in [-0.25, -0.2) is 10.2 Å². The van der Waals surface area contributed by atoms with Crippen LogP contribution >= 0.6 is 11.6 Å². The quantitative estimate of drug-likeness (QED) is 0.591. The molecule has 0 radical (unpaired) electrons. The minimum absolute atomic E-state index is 0.133. The van der Waals surface area contributed by atoms with E-state index in [4.69, 9.17) is 11.6 Å². The summed E-state index contributed by atoms with van der Waals surface area (Å²) in [6, 6.07) is 10.9. The monoisotopic (exact) mass is 334 g/mol. The number of anilines is 1. The van der Waals surface area contributed by atoms with Gasteiger partial charge < -0.3 is 5.32 Å². The molecule has 118 valence electrons. The summed E-state index contributed by atoms with van der Waals surface area (Å²) < 4.78 is 0. The zero-order valence-electron chi connectivity index (χ0n) is 11.6. The Morgan fingerprint density at radius 3 is 2.26 bits per heavy atom. The molecule has 0 aromatic heterocycles. The number of hydrazine groups is 1. The van der Waals surface area contributed by atoms with Gasteiger partial charge in [0.2, 0.25) is 0 Å². The molecule has 0 saturated heterocycles. The van der Waals surface area contributed by atoms with E-state index < -0.39 is 16.9 Å². The van der Waals surface area contributed by atoms with E-state index in [-0.39, 0.29) is 11.3 Å². The molecule has 0 aliphatic rings. The van der Waals surface area contributed by atoms with E-state index >= 15 is 0 Å². The van der Waals surface area contributed by atoms with E-state index in [9.17, 15) is 19.7 Å². The molecule has 8 nitrogen and oxygen atoms in total. The molecule has 0 atom stereocenters. The van der Waals surface area contributed by atoms with E-state index in [1.807, 2.05) is 0 Å². The summed E-state index contributed by atoms with van der Waals surface area (Å²) in [5, 5.41) is 13.3. The highest BCUT2D eigenvalue weighted by atomic mass is 35.5. The molecule has 0 spiro atoms. The average molecular weight is 335 g/mol. The van der Waals surface area contributed by atoms with Crippen molar-refractivity contribution < 1.29 is 14.5 Å². The maximum Gasteiger partial charge on any atom is 0.337 e. The Kier molecular flexibility index (Phi) is 5.11. The summed E-state index contributed by atoms with van der Waals surface area (Å²) in [5.41, 5.74) is 4.74. The van der Waals surface area contributed by atoms with Crippen molar-refractivity contribution in [3.8, 4) is 0 Å². The Morgan fingerprint density at radius 2 is 1.65 bits per heavy atom. The molecule has 23 heavy (non-hydrogen) atoms. The maximum absolute atomic E-state index is 11.8. The minimum Gasteiger partial charge on any atom is -0.305 e. The Bertz CT molecular complexity index is 749. The second-order valence-corrected chi connectivity index (χ2v) is 4.72.